The molecule has 0 spiro atoms. The highest BCUT2D eigenvalue weighted by atomic mass is 79.9. The molecule has 116 valence electrons. The highest BCUT2D eigenvalue weighted by molar-refractivity contribution is 9.10. The lowest BCUT2D eigenvalue weighted by Gasteiger charge is -2.14. The average molecular weight is 358 g/mol. The van der Waals surface area contributed by atoms with Crippen LogP contribution in [0.5, 0.6) is 0 Å². The molecule has 1 fully saturated rings. The normalized spacial score (nSPS) is 18.8. The van der Waals surface area contributed by atoms with E-state index in [1.807, 2.05) is 6.92 Å². The highest BCUT2D eigenvalue weighted by Gasteiger charge is 2.15. The van der Waals surface area contributed by atoms with Crippen molar-refractivity contribution in [3.63, 3.8) is 0 Å². The van der Waals surface area contributed by atoms with Gasteiger partial charge in [0, 0.05) is 29.7 Å². The quantitative estimate of drug-likeness (QED) is 0.629. The first-order valence-corrected chi connectivity index (χ1v) is 8.06. The molecule has 2 rings (SSSR count). The van der Waals surface area contributed by atoms with Crippen molar-refractivity contribution in [2.24, 2.45) is 4.99 Å². The average Bonchev–Trinajstić information content (AvgIpc) is 2.98. The van der Waals surface area contributed by atoms with Gasteiger partial charge in [0.2, 0.25) is 0 Å². The molecule has 0 saturated carbocycles. The van der Waals surface area contributed by atoms with E-state index in [0.717, 1.165) is 37.0 Å². The second kappa shape index (κ2) is 8.34. The Morgan fingerprint density at radius 1 is 1.48 bits per heavy atom. The number of guanidine groups is 1. The molecule has 0 bridgehead atoms. The minimum Gasteiger partial charge on any atom is -0.376 e. The van der Waals surface area contributed by atoms with E-state index in [-0.39, 0.29) is 11.9 Å². The molecule has 21 heavy (non-hydrogen) atoms. The molecule has 1 atom stereocenters. The Kier molecular flexibility index (Phi) is 6.45. The minimum atomic E-state index is -0.239. The Morgan fingerprint density at radius 3 is 3.05 bits per heavy atom. The zero-order chi connectivity index (χ0) is 15.1. The van der Waals surface area contributed by atoms with Crippen molar-refractivity contribution in [3.05, 3.63) is 34.1 Å². The summed E-state index contributed by atoms with van der Waals surface area (Å²) in [7, 11) is 0. The van der Waals surface area contributed by atoms with Crippen molar-refractivity contribution in [1.29, 1.82) is 0 Å². The molecule has 1 aliphatic rings. The number of aliphatic imine (C=N–C) groups is 1. The molecule has 0 radical (unpaired) electrons. The van der Waals surface area contributed by atoms with Crippen LogP contribution in [0.3, 0.4) is 0 Å². The molecular weight excluding hydrogens is 337 g/mol. The van der Waals surface area contributed by atoms with Crippen molar-refractivity contribution in [2.75, 3.05) is 19.7 Å². The standard InChI is InChI=1S/C15H21BrFN3O/c1-2-18-15(20-10-13-4-3-7-21-13)19-9-11-8-12(16)5-6-14(11)17/h5-6,8,13H,2-4,7,9-10H2,1H3,(H2,18,19,20). The van der Waals surface area contributed by atoms with Crippen molar-refractivity contribution in [3.8, 4) is 0 Å². The minimum absolute atomic E-state index is 0.239. The fourth-order valence-corrected chi connectivity index (χ4v) is 2.59. The van der Waals surface area contributed by atoms with Crippen LogP contribution in [-0.2, 0) is 11.3 Å². The molecule has 2 N–H and O–H groups in total. The largest absolute Gasteiger partial charge is 0.376 e. The summed E-state index contributed by atoms with van der Waals surface area (Å²) in [4.78, 5) is 4.42. The summed E-state index contributed by atoms with van der Waals surface area (Å²) < 4.78 is 20.1. The third-order valence-corrected chi connectivity index (χ3v) is 3.77. The van der Waals surface area contributed by atoms with Crippen LogP contribution in [0.25, 0.3) is 0 Å². The van der Waals surface area contributed by atoms with Crippen molar-refractivity contribution < 1.29 is 9.13 Å². The maximum Gasteiger partial charge on any atom is 0.191 e. The second-order valence-corrected chi connectivity index (χ2v) is 5.86. The van der Waals surface area contributed by atoms with Gasteiger partial charge in [0.25, 0.3) is 0 Å². The molecule has 1 aromatic rings. The monoisotopic (exact) mass is 357 g/mol. The maximum atomic E-state index is 13.7. The van der Waals surface area contributed by atoms with Crippen molar-refractivity contribution in [2.45, 2.75) is 32.4 Å². The van der Waals surface area contributed by atoms with E-state index in [1.54, 1.807) is 12.1 Å². The molecule has 1 unspecified atom stereocenters. The Morgan fingerprint density at radius 2 is 2.33 bits per heavy atom. The fraction of sp³-hybridized carbons (Fsp3) is 0.533. The topological polar surface area (TPSA) is 45.7 Å². The predicted molar refractivity (Wildman–Crippen MR) is 85.9 cm³/mol. The lowest BCUT2D eigenvalue weighted by molar-refractivity contribution is 0.114. The third kappa shape index (κ3) is 5.28. The summed E-state index contributed by atoms with van der Waals surface area (Å²) in [5, 5.41) is 6.41. The fourth-order valence-electron chi connectivity index (χ4n) is 2.19. The summed E-state index contributed by atoms with van der Waals surface area (Å²) in [6, 6.07) is 4.88. The van der Waals surface area contributed by atoms with Gasteiger partial charge < -0.3 is 15.4 Å². The zero-order valence-electron chi connectivity index (χ0n) is 12.2. The van der Waals surface area contributed by atoms with Crippen LogP contribution in [0.15, 0.2) is 27.7 Å². The Labute approximate surface area is 133 Å². The Hall–Kier alpha value is -1.14. The molecule has 0 aromatic heterocycles. The van der Waals surface area contributed by atoms with Gasteiger partial charge in [-0.1, -0.05) is 15.9 Å². The molecule has 4 nitrogen and oxygen atoms in total. The van der Waals surface area contributed by atoms with Gasteiger partial charge in [-0.3, -0.25) is 0 Å². The van der Waals surface area contributed by atoms with E-state index >= 15 is 0 Å². The van der Waals surface area contributed by atoms with Gasteiger partial charge >= 0.3 is 0 Å². The van der Waals surface area contributed by atoms with Crippen LogP contribution >= 0.6 is 15.9 Å². The molecular formula is C15H21BrFN3O. The van der Waals surface area contributed by atoms with E-state index in [4.69, 9.17) is 4.74 Å². The molecule has 1 heterocycles. The van der Waals surface area contributed by atoms with Gasteiger partial charge in [-0.25, -0.2) is 9.38 Å². The van der Waals surface area contributed by atoms with Gasteiger partial charge in [0.05, 0.1) is 12.6 Å². The van der Waals surface area contributed by atoms with Gasteiger partial charge in [-0.05, 0) is 38.0 Å². The first-order valence-electron chi connectivity index (χ1n) is 7.26. The third-order valence-electron chi connectivity index (χ3n) is 3.28. The molecule has 0 amide bonds. The van der Waals surface area contributed by atoms with Gasteiger partial charge in [0.15, 0.2) is 5.96 Å². The molecule has 1 saturated heterocycles. The van der Waals surface area contributed by atoms with Crippen molar-refractivity contribution >= 4 is 21.9 Å². The lowest BCUT2D eigenvalue weighted by Crippen LogP contribution is -2.41. The van der Waals surface area contributed by atoms with Crippen LogP contribution in [0.2, 0.25) is 0 Å². The molecule has 1 aliphatic heterocycles. The SMILES string of the molecule is CCNC(=NCc1cc(Br)ccc1F)NCC1CCCO1. The summed E-state index contributed by atoms with van der Waals surface area (Å²) in [6.07, 6.45) is 2.44. The summed E-state index contributed by atoms with van der Waals surface area (Å²) in [5.41, 5.74) is 0.568. The first-order chi connectivity index (χ1) is 10.2. The van der Waals surface area contributed by atoms with Crippen LogP contribution in [0, 0.1) is 5.82 Å². The van der Waals surface area contributed by atoms with E-state index in [9.17, 15) is 4.39 Å². The lowest BCUT2D eigenvalue weighted by atomic mass is 10.2. The molecule has 1 aromatic carbocycles. The second-order valence-electron chi connectivity index (χ2n) is 4.95. The van der Waals surface area contributed by atoms with E-state index in [2.05, 4.69) is 31.6 Å². The highest BCUT2D eigenvalue weighted by Crippen LogP contribution is 2.16. The Balaban J connectivity index is 1.94. The maximum absolute atomic E-state index is 13.7. The number of nitrogens with one attached hydrogen (secondary N) is 2. The zero-order valence-corrected chi connectivity index (χ0v) is 13.7. The number of ether oxygens (including phenoxy) is 1. The van der Waals surface area contributed by atoms with Crippen LogP contribution in [0.1, 0.15) is 25.3 Å². The van der Waals surface area contributed by atoms with E-state index in [1.165, 1.54) is 6.07 Å². The van der Waals surface area contributed by atoms with E-state index < -0.39 is 0 Å². The number of hydrogen-bond donors (Lipinski definition) is 2. The number of rotatable bonds is 5. The van der Waals surface area contributed by atoms with Crippen LogP contribution in [0.4, 0.5) is 4.39 Å². The van der Waals surface area contributed by atoms with E-state index in [0.29, 0.717) is 18.1 Å². The predicted octanol–water partition coefficient (Wildman–Crippen LogP) is 2.82. The van der Waals surface area contributed by atoms with Gasteiger partial charge in [-0.15, -0.1) is 0 Å². The van der Waals surface area contributed by atoms with Gasteiger partial charge in [-0.2, -0.15) is 0 Å². The summed E-state index contributed by atoms with van der Waals surface area (Å²) in [5.74, 6) is 0.448. The van der Waals surface area contributed by atoms with Crippen LogP contribution < -0.4 is 10.6 Å². The summed E-state index contributed by atoms with van der Waals surface area (Å²) >= 11 is 3.35. The van der Waals surface area contributed by atoms with Crippen LogP contribution in [-0.4, -0.2) is 31.8 Å². The molecule has 0 aliphatic carbocycles. The molecule has 6 heteroatoms. The Bertz CT molecular complexity index is 490. The number of nitrogens with zero attached hydrogens (tertiary/aromatic N) is 1. The van der Waals surface area contributed by atoms with Crippen molar-refractivity contribution in [1.82, 2.24) is 10.6 Å². The smallest absolute Gasteiger partial charge is 0.191 e. The number of hydrogen-bond acceptors (Lipinski definition) is 2. The summed E-state index contributed by atoms with van der Waals surface area (Å²) in [6.45, 7) is 4.63. The van der Waals surface area contributed by atoms with Gasteiger partial charge in [0.1, 0.15) is 5.82 Å². The first kappa shape index (κ1) is 16.2. The number of benzene rings is 1. The number of halogens is 2.